The van der Waals surface area contributed by atoms with E-state index in [1.54, 1.807) is 4.90 Å². The molecule has 7 heteroatoms. The van der Waals surface area contributed by atoms with Crippen LogP contribution in [0.4, 0.5) is 4.79 Å². The molecule has 0 radical (unpaired) electrons. The first-order valence-corrected chi connectivity index (χ1v) is 7.48. The number of hydrogen-bond donors (Lipinski definition) is 3. The van der Waals surface area contributed by atoms with Crippen LogP contribution in [-0.4, -0.2) is 53.6 Å². The fourth-order valence-corrected chi connectivity index (χ4v) is 2.41. The average Bonchev–Trinajstić information content (AvgIpc) is 2.40. The second kappa shape index (κ2) is 8.61. The summed E-state index contributed by atoms with van der Waals surface area (Å²) in [4.78, 5) is 36.1. The van der Waals surface area contributed by atoms with Crippen LogP contribution in [0.1, 0.15) is 39.5 Å². The van der Waals surface area contributed by atoms with E-state index in [1.165, 1.54) is 0 Å². The van der Waals surface area contributed by atoms with Crippen LogP contribution in [0.5, 0.6) is 0 Å². The van der Waals surface area contributed by atoms with E-state index in [-0.39, 0.29) is 6.54 Å². The Morgan fingerprint density at radius 2 is 2.05 bits per heavy atom. The summed E-state index contributed by atoms with van der Waals surface area (Å²) in [7, 11) is 0. The summed E-state index contributed by atoms with van der Waals surface area (Å²) in [5.74, 6) is -1.05. The van der Waals surface area contributed by atoms with Gasteiger partial charge in [0.05, 0.1) is 6.54 Å². The molecule has 2 unspecified atom stereocenters. The normalized spacial score (nSPS) is 22.6. The Bertz CT molecular complexity index is 386. The molecule has 2 atom stereocenters. The van der Waals surface area contributed by atoms with Crippen LogP contribution in [0.3, 0.4) is 0 Å². The average molecular weight is 299 g/mol. The lowest BCUT2D eigenvalue weighted by molar-refractivity contribution is -0.146. The number of carbonyl (C=O) groups is 3. The second-order valence-electron chi connectivity index (χ2n) is 5.61. The molecule has 0 aromatic heterocycles. The largest absolute Gasteiger partial charge is 0.480 e. The molecule has 1 aliphatic rings. The Morgan fingerprint density at radius 1 is 1.33 bits per heavy atom. The molecule has 7 nitrogen and oxygen atoms in total. The van der Waals surface area contributed by atoms with E-state index < -0.39 is 23.9 Å². The maximum Gasteiger partial charge on any atom is 0.321 e. The van der Waals surface area contributed by atoms with Gasteiger partial charge in [-0.05, 0) is 31.7 Å². The second-order valence-corrected chi connectivity index (χ2v) is 5.61. The molecule has 3 N–H and O–H groups in total. The summed E-state index contributed by atoms with van der Waals surface area (Å²) in [6.07, 6.45) is 3.21. The number of aliphatic carboxylic acids is 1. The van der Waals surface area contributed by atoms with Gasteiger partial charge >= 0.3 is 12.0 Å². The quantitative estimate of drug-likeness (QED) is 0.630. The van der Waals surface area contributed by atoms with Crippen molar-refractivity contribution in [2.24, 2.45) is 5.92 Å². The number of urea groups is 1. The number of imide groups is 1. The SMILES string of the molecule is CCCCNC(=O)NC(=O)CN1CCC(C)CC1C(=O)O. The molecule has 1 heterocycles. The van der Waals surface area contributed by atoms with Gasteiger partial charge in [-0.25, -0.2) is 4.79 Å². The number of piperidine rings is 1. The van der Waals surface area contributed by atoms with Crippen molar-refractivity contribution in [3.8, 4) is 0 Å². The molecule has 120 valence electrons. The van der Waals surface area contributed by atoms with E-state index >= 15 is 0 Å². The fourth-order valence-electron chi connectivity index (χ4n) is 2.41. The smallest absolute Gasteiger partial charge is 0.321 e. The molecule has 0 aromatic carbocycles. The third-order valence-corrected chi connectivity index (χ3v) is 3.68. The minimum absolute atomic E-state index is 0.0646. The molecule has 0 spiro atoms. The van der Waals surface area contributed by atoms with Gasteiger partial charge in [-0.3, -0.25) is 19.8 Å². The number of nitrogens with zero attached hydrogens (tertiary/aromatic N) is 1. The maximum absolute atomic E-state index is 11.8. The zero-order valence-corrected chi connectivity index (χ0v) is 12.7. The Balaban J connectivity index is 2.41. The number of unbranched alkanes of at least 4 members (excludes halogenated alkanes) is 1. The van der Waals surface area contributed by atoms with Gasteiger partial charge in [0.1, 0.15) is 6.04 Å². The number of carboxylic acid groups (broad SMARTS) is 1. The van der Waals surface area contributed by atoms with E-state index in [0.29, 0.717) is 25.4 Å². The van der Waals surface area contributed by atoms with Crippen LogP contribution in [0.25, 0.3) is 0 Å². The van der Waals surface area contributed by atoms with Gasteiger partial charge < -0.3 is 10.4 Å². The minimum atomic E-state index is -0.915. The highest BCUT2D eigenvalue weighted by Crippen LogP contribution is 2.22. The van der Waals surface area contributed by atoms with Crippen LogP contribution < -0.4 is 10.6 Å². The minimum Gasteiger partial charge on any atom is -0.480 e. The van der Waals surface area contributed by atoms with Gasteiger partial charge in [-0.15, -0.1) is 0 Å². The molecule has 0 bridgehead atoms. The molecule has 21 heavy (non-hydrogen) atoms. The van der Waals surface area contributed by atoms with Crippen molar-refractivity contribution in [3.05, 3.63) is 0 Å². The summed E-state index contributed by atoms with van der Waals surface area (Å²) in [6, 6.07) is -1.17. The Kier molecular flexibility index (Phi) is 7.14. The zero-order chi connectivity index (χ0) is 15.8. The van der Waals surface area contributed by atoms with Crippen molar-refractivity contribution in [1.82, 2.24) is 15.5 Å². The van der Waals surface area contributed by atoms with E-state index in [2.05, 4.69) is 10.6 Å². The van der Waals surface area contributed by atoms with Gasteiger partial charge in [0.15, 0.2) is 0 Å². The van der Waals surface area contributed by atoms with Gasteiger partial charge in [-0.1, -0.05) is 20.3 Å². The predicted molar refractivity (Wildman–Crippen MR) is 77.8 cm³/mol. The van der Waals surface area contributed by atoms with Crippen molar-refractivity contribution in [2.75, 3.05) is 19.6 Å². The number of carbonyl (C=O) groups excluding carboxylic acids is 2. The van der Waals surface area contributed by atoms with Crippen LogP contribution in [0, 0.1) is 5.92 Å². The number of likely N-dealkylation sites (tertiary alicyclic amines) is 1. The molecule has 0 aliphatic carbocycles. The van der Waals surface area contributed by atoms with Gasteiger partial charge in [0.25, 0.3) is 0 Å². The zero-order valence-electron chi connectivity index (χ0n) is 12.7. The van der Waals surface area contributed by atoms with E-state index in [9.17, 15) is 19.5 Å². The van der Waals surface area contributed by atoms with Crippen molar-refractivity contribution >= 4 is 17.9 Å². The molecule has 0 saturated carbocycles. The molecule has 1 aliphatic heterocycles. The predicted octanol–water partition coefficient (Wildman–Crippen LogP) is 0.797. The van der Waals surface area contributed by atoms with E-state index in [0.717, 1.165) is 19.3 Å². The summed E-state index contributed by atoms with van der Waals surface area (Å²) in [6.45, 7) is 5.03. The first-order chi connectivity index (χ1) is 9.93. The van der Waals surface area contributed by atoms with Crippen LogP contribution in [0.2, 0.25) is 0 Å². The number of rotatable bonds is 6. The highest BCUT2D eigenvalue weighted by atomic mass is 16.4. The third-order valence-electron chi connectivity index (χ3n) is 3.68. The number of carboxylic acids is 1. The molecule has 3 amide bonds. The van der Waals surface area contributed by atoms with E-state index in [1.807, 2.05) is 13.8 Å². The number of nitrogens with one attached hydrogen (secondary N) is 2. The molecule has 1 fully saturated rings. The van der Waals surface area contributed by atoms with Crippen molar-refractivity contribution in [3.63, 3.8) is 0 Å². The highest BCUT2D eigenvalue weighted by Gasteiger charge is 2.32. The van der Waals surface area contributed by atoms with Crippen molar-refractivity contribution in [1.29, 1.82) is 0 Å². The summed E-state index contributed by atoms with van der Waals surface area (Å²) >= 11 is 0. The molecule has 1 saturated heterocycles. The van der Waals surface area contributed by atoms with Crippen molar-refractivity contribution < 1.29 is 19.5 Å². The Hall–Kier alpha value is -1.63. The first-order valence-electron chi connectivity index (χ1n) is 7.48. The summed E-state index contributed by atoms with van der Waals surface area (Å²) < 4.78 is 0. The lowest BCUT2D eigenvalue weighted by atomic mass is 9.92. The number of hydrogen-bond acceptors (Lipinski definition) is 4. The van der Waals surface area contributed by atoms with Gasteiger partial charge in [0, 0.05) is 6.54 Å². The van der Waals surface area contributed by atoms with E-state index in [4.69, 9.17) is 0 Å². The van der Waals surface area contributed by atoms with Gasteiger partial charge in [-0.2, -0.15) is 0 Å². The van der Waals surface area contributed by atoms with Crippen LogP contribution in [0.15, 0.2) is 0 Å². The maximum atomic E-state index is 11.8. The first kappa shape index (κ1) is 17.4. The van der Waals surface area contributed by atoms with Gasteiger partial charge in [0.2, 0.25) is 5.91 Å². The highest BCUT2D eigenvalue weighted by molar-refractivity contribution is 5.95. The number of amides is 3. The summed E-state index contributed by atoms with van der Waals surface area (Å²) in [5.41, 5.74) is 0. The van der Waals surface area contributed by atoms with Crippen LogP contribution in [-0.2, 0) is 9.59 Å². The lowest BCUT2D eigenvalue weighted by Gasteiger charge is -2.35. The topological polar surface area (TPSA) is 98.7 Å². The van der Waals surface area contributed by atoms with Crippen molar-refractivity contribution in [2.45, 2.75) is 45.6 Å². The Labute approximate surface area is 125 Å². The molecular weight excluding hydrogens is 274 g/mol. The molecule has 1 rings (SSSR count). The standard InChI is InChI=1S/C14H25N3O4/c1-3-4-6-15-14(21)16-12(18)9-17-7-5-10(2)8-11(17)13(19)20/h10-11H,3-9H2,1-2H3,(H,19,20)(H2,15,16,18,21). The molecule has 0 aromatic rings. The van der Waals surface area contributed by atoms with Crippen LogP contribution >= 0.6 is 0 Å². The summed E-state index contributed by atoms with van der Waals surface area (Å²) in [5, 5.41) is 14.0. The fraction of sp³-hybridized carbons (Fsp3) is 0.786. The Morgan fingerprint density at radius 3 is 2.67 bits per heavy atom. The molecular formula is C14H25N3O4. The third kappa shape index (κ3) is 6.12. The monoisotopic (exact) mass is 299 g/mol. The lowest BCUT2D eigenvalue weighted by Crippen LogP contribution is -2.52.